The lowest BCUT2D eigenvalue weighted by molar-refractivity contribution is 0.403. The first kappa shape index (κ1) is 13.5. The second kappa shape index (κ2) is 4.28. The van der Waals surface area contributed by atoms with Crippen molar-refractivity contribution < 1.29 is 16.8 Å². The molecular weight excluding hydrogens is 306 g/mol. The number of fused-ring (bicyclic) bond motifs is 2. The van der Waals surface area contributed by atoms with Gasteiger partial charge < -0.3 is 0 Å². The van der Waals surface area contributed by atoms with Crippen LogP contribution in [0.2, 0.25) is 0 Å². The molecule has 0 aliphatic carbocycles. The molecule has 8 heteroatoms. The van der Waals surface area contributed by atoms with Crippen LogP contribution in [-0.2, 0) is 26.3 Å². The molecule has 3 heterocycles. The van der Waals surface area contributed by atoms with E-state index in [1.807, 2.05) is 13.0 Å². The lowest BCUT2D eigenvalue weighted by Crippen LogP contribution is -2.43. The minimum Gasteiger partial charge on any atom is -0.228 e. The Hall–Kier alpha value is -0.440. The molecule has 106 valence electrons. The van der Waals surface area contributed by atoms with Gasteiger partial charge in [-0.3, -0.25) is 0 Å². The van der Waals surface area contributed by atoms with Crippen molar-refractivity contribution in [3.63, 3.8) is 0 Å². The average Bonchev–Trinajstić information content (AvgIpc) is 2.99. The molecule has 2 fully saturated rings. The average molecular weight is 321 g/mol. The van der Waals surface area contributed by atoms with Crippen molar-refractivity contribution in [3.8, 4) is 0 Å². The zero-order chi connectivity index (χ0) is 13.8. The summed E-state index contributed by atoms with van der Waals surface area (Å²) in [5, 5.41) is -0.502. The molecule has 2 atom stereocenters. The summed E-state index contributed by atoms with van der Waals surface area (Å²) in [6.45, 7) is 2.10. The van der Waals surface area contributed by atoms with Gasteiger partial charge in [0.2, 0.25) is 0 Å². The molecule has 2 unspecified atom stereocenters. The SMILES string of the molecule is CCc1ccc(S(=O)(=O)N2CC3CC2CS3(=O)=O)s1. The fourth-order valence-electron chi connectivity index (χ4n) is 2.76. The molecular formula is C11H15NO4S3. The highest BCUT2D eigenvalue weighted by Gasteiger charge is 2.52. The van der Waals surface area contributed by atoms with E-state index in [4.69, 9.17) is 0 Å². The second-order valence-electron chi connectivity index (χ2n) is 4.99. The van der Waals surface area contributed by atoms with Gasteiger partial charge in [-0.2, -0.15) is 4.31 Å². The number of thiophene rings is 1. The third kappa shape index (κ3) is 2.05. The largest absolute Gasteiger partial charge is 0.252 e. The minimum absolute atomic E-state index is 0.0249. The predicted octanol–water partition coefficient (Wildman–Crippen LogP) is 0.871. The molecule has 0 aromatic carbocycles. The number of sulfonamides is 1. The molecule has 5 nitrogen and oxygen atoms in total. The summed E-state index contributed by atoms with van der Waals surface area (Å²) < 4.78 is 50.0. The van der Waals surface area contributed by atoms with Crippen LogP contribution < -0.4 is 0 Å². The van der Waals surface area contributed by atoms with Crippen molar-refractivity contribution >= 4 is 31.2 Å². The standard InChI is InChI=1S/C11H15NO4S3/c1-2-9-3-4-11(17-9)19(15,16)12-6-10-5-8(12)7-18(10,13)14/h3-4,8,10H,2,5-7H2,1H3. The summed E-state index contributed by atoms with van der Waals surface area (Å²) in [6, 6.07) is 3.08. The molecule has 2 aliphatic rings. The molecule has 1 aromatic rings. The van der Waals surface area contributed by atoms with Crippen LogP contribution in [0.1, 0.15) is 18.2 Å². The van der Waals surface area contributed by atoms with Crippen LogP contribution >= 0.6 is 11.3 Å². The van der Waals surface area contributed by atoms with E-state index in [2.05, 4.69) is 0 Å². The number of nitrogens with zero attached hydrogens (tertiary/aromatic N) is 1. The molecule has 0 saturated carbocycles. The van der Waals surface area contributed by atoms with Crippen molar-refractivity contribution in [1.82, 2.24) is 4.31 Å². The van der Waals surface area contributed by atoms with E-state index in [1.165, 1.54) is 15.6 Å². The van der Waals surface area contributed by atoms with Gasteiger partial charge in [0.05, 0.1) is 11.0 Å². The van der Waals surface area contributed by atoms with Gasteiger partial charge in [0, 0.05) is 17.5 Å². The fraction of sp³-hybridized carbons (Fsp3) is 0.636. The molecule has 2 saturated heterocycles. The minimum atomic E-state index is -3.52. The fourth-order valence-corrected chi connectivity index (χ4v) is 8.08. The number of aryl methyl sites for hydroxylation is 1. The maximum atomic E-state index is 12.5. The Kier molecular flexibility index (Phi) is 3.05. The highest BCUT2D eigenvalue weighted by Crippen LogP contribution is 2.38. The van der Waals surface area contributed by atoms with E-state index in [0.717, 1.165) is 11.3 Å². The van der Waals surface area contributed by atoms with E-state index in [9.17, 15) is 16.8 Å². The van der Waals surface area contributed by atoms with E-state index >= 15 is 0 Å². The van der Waals surface area contributed by atoms with E-state index in [0.29, 0.717) is 10.6 Å². The summed E-state index contributed by atoms with van der Waals surface area (Å²) in [5.41, 5.74) is 0. The van der Waals surface area contributed by atoms with Crippen molar-refractivity contribution in [2.24, 2.45) is 0 Å². The monoisotopic (exact) mass is 321 g/mol. The lowest BCUT2D eigenvalue weighted by atomic mass is 10.3. The number of hydrogen-bond acceptors (Lipinski definition) is 5. The number of rotatable bonds is 3. The summed E-state index contributed by atoms with van der Waals surface area (Å²) in [5.74, 6) is -0.0249. The normalized spacial score (nSPS) is 29.9. The first-order chi connectivity index (χ1) is 8.84. The zero-order valence-corrected chi connectivity index (χ0v) is 12.9. The van der Waals surface area contributed by atoms with Gasteiger partial charge in [0.1, 0.15) is 4.21 Å². The molecule has 3 rings (SSSR count). The lowest BCUT2D eigenvalue weighted by Gasteiger charge is -2.25. The molecule has 1 aromatic heterocycles. The Morgan fingerprint density at radius 3 is 2.63 bits per heavy atom. The van der Waals surface area contributed by atoms with Gasteiger partial charge in [-0.15, -0.1) is 11.3 Å². The van der Waals surface area contributed by atoms with Crippen molar-refractivity contribution in [2.75, 3.05) is 12.3 Å². The van der Waals surface area contributed by atoms with Crippen molar-refractivity contribution in [1.29, 1.82) is 0 Å². The van der Waals surface area contributed by atoms with Crippen LogP contribution in [0.3, 0.4) is 0 Å². The zero-order valence-electron chi connectivity index (χ0n) is 10.4. The Morgan fingerprint density at radius 2 is 2.16 bits per heavy atom. The number of sulfone groups is 1. The van der Waals surface area contributed by atoms with Crippen LogP contribution in [0.5, 0.6) is 0 Å². The summed E-state index contributed by atoms with van der Waals surface area (Å²) in [4.78, 5) is 1.02. The van der Waals surface area contributed by atoms with Crippen LogP contribution in [0.25, 0.3) is 0 Å². The Balaban J connectivity index is 1.92. The topological polar surface area (TPSA) is 71.5 Å². The maximum absolute atomic E-state index is 12.5. The van der Waals surface area contributed by atoms with Crippen LogP contribution in [0, 0.1) is 0 Å². The van der Waals surface area contributed by atoms with Crippen molar-refractivity contribution in [3.05, 3.63) is 17.0 Å². The first-order valence-electron chi connectivity index (χ1n) is 6.16. The molecule has 0 N–H and O–H groups in total. The first-order valence-corrected chi connectivity index (χ1v) is 10.1. The van der Waals surface area contributed by atoms with E-state index < -0.39 is 25.1 Å². The van der Waals surface area contributed by atoms with Gasteiger partial charge >= 0.3 is 0 Å². The van der Waals surface area contributed by atoms with Crippen LogP contribution in [0.15, 0.2) is 16.3 Å². The molecule has 0 radical (unpaired) electrons. The Bertz CT molecular complexity index is 704. The van der Waals surface area contributed by atoms with Gasteiger partial charge in [-0.05, 0) is 25.0 Å². The molecule has 2 bridgehead atoms. The molecule has 2 aliphatic heterocycles. The van der Waals surface area contributed by atoms with Gasteiger partial charge in [-0.25, -0.2) is 16.8 Å². The molecule has 0 spiro atoms. The maximum Gasteiger partial charge on any atom is 0.252 e. The van der Waals surface area contributed by atoms with Gasteiger partial charge in [0.25, 0.3) is 10.0 Å². The van der Waals surface area contributed by atoms with Crippen LogP contribution in [-0.4, -0.2) is 44.7 Å². The van der Waals surface area contributed by atoms with Crippen LogP contribution in [0.4, 0.5) is 0 Å². The highest BCUT2D eigenvalue weighted by molar-refractivity contribution is 7.93. The highest BCUT2D eigenvalue weighted by atomic mass is 32.2. The third-order valence-electron chi connectivity index (χ3n) is 3.81. The Labute approximate surface area is 117 Å². The van der Waals surface area contributed by atoms with E-state index in [-0.39, 0.29) is 18.3 Å². The summed E-state index contributed by atoms with van der Waals surface area (Å²) in [6.07, 6.45) is 1.26. The van der Waals surface area contributed by atoms with Gasteiger partial charge in [0.15, 0.2) is 9.84 Å². The summed E-state index contributed by atoms with van der Waals surface area (Å²) >= 11 is 1.27. The number of hydrogen-bond donors (Lipinski definition) is 0. The van der Waals surface area contributed by atoms with Gasteiger partial charge in [-0.1, -0.05) is 6.92 Å². The predicted molar refractivity (Wildman–Crippen MR) is 73.6 cm³/mol. The third-order valence-corrected chi connectivity index (χ3v) is 9.63. The smallest absolute Gasteiger partial charge is 0.228 e. The molecule has 19 heavy (non-hydrogen) atoms. The van der Waals surface area contributed by atoms with E-state index in [1.54, 1.807) is 6.07 Å². The second-order valence-corrected chi connectivity index (χ2v) is 10.6. The summed E-state index contributed by atoms with van der Waals surface area (Å²) in [7, 11) is -6.59. The molecule has 0 amide bonds. The Morgan fingerprint density at radius 1 is 1.42 bits per heavy atom. The quantitative estimate of drug-likeness (QED) is 0.828. The van der Waals surface area contributed by atoms with Crippen molar-refractivity contribution in [2.45, 2.75) is 35.3 Å².